The molecule has 1 saturated heterocycles. The minimum Gasteiger partial charge on any atom is -0.348 e. The molecule has 1 aromatic heterocycles. The zero-order valence-electron chi connectivity index (χ0n) is 22.8. The predicted molar refractivity (Wildman–Crippen MR) is 151 cm³/mol. The van der Waals surface area contributed by atoms with Crippen LogP contribution < -0.4 is 27.6 Å². The number of urea groups is 1. The van der Waals surface area contributed by atoms with Crippen LogP contribution >= 0.6 is 0 Å². The van der Waals surface area contributed by atoms with Crippen LogP contribution in [0.25, 0.3) is 10.9 Å². The maximum Gasteiger partial charge on any atom is 0.331 e. The molecule has 1 atom stereocenters. The molecule has 212 valence electrons. The molecule has 2 fully saturated rings. The van der Waals surface area contributed by atoms with Gasteiger partial charge < -0.3 is 21.3 Å². The Kier molecular flexibility index (Phi) is 7.75. The summed E-state index contributed by atoms with van der Waals surface area (Å²) in [4.78, 5) is 53.8. The molecule has 5 rings (SSSR count). The summed E-state index contributed by atoms with van der Waals surface area (Å²) in [5.74, 6) is -0.687. The first kappa shape index (κ1) is 27.6. The molecule has 1 unspecified atom stereocenters. The van der Waals surface area contributed by atoms with Crippen LogP contribution in [0.4, 0.5) is 14.9 Å². The fourth-order valence-electron chi connectivity index (χ4n) is 5.25. The third kappa shape index (κ3) is 5.65. The van der Waals surface area contributed by atoms with E-state index in [9.17, 15) is 19.2 Å². The Morgan fingerprint density at radius 3 is 2.48 bits per heavy atom. The van der Waals surface area contributed by atoms with Crippen molar-refractivity contribution in [3.05, 3.63) is 74.2 Å². The number of nitrogens with two attached hydrogens (primary N) is 1. The molecule has 2 aromatic carbocycles. The Balaban J connectivity index is 1.34. The van der Waals surface area contributed by atoms with Gasteiger partial charge in [0.2, 0.25) is 0 Å². The summed E-state index contributed by atoms with van der Waals surface area (Å²) in [6.45, 7) is 5.04. The van der Waals surface area contributed by atoms with E-state index < -0.39 is 23.1 Å². The fourth-order valence-corrected chi connectivity index (χ4v) is 5.25. The second kappa shape index (κ2) is 11.2. The Bertz CT molecular complexity index is 1560. The summed E-state index contributed by atoms with van der Waals surface area (Å²) >= 11 is 0. The van der Waals surface area contributed by atoms with E-state index in [1.54, 1.807) is 38.1 Å². The lowest BCUT2D eigenvalue weighted by atomic mass is 10.0. The van der Waals surface area contributed by atoms with Crippen molar-refractivity contribution in [1.82, 2.24) is 19.4 Å². The normalized spacial score (nSPS) is 17.3. The number of benzene rings is 2. The number of amides is 3. The minimum atomic E-state index is -0.739. The van der Waals surface area contributed by atoms with Crippen LogP contribution in [0.2, 0.25) is 0 Å². The highest BCUT2D eigenvalue weighted by Gasteiger charge is 2.28. The van der Waals surface area contributed by atoms with Gasteiger partial charge in [0.05, 0.1) is 16.6 Å². The Morgan fingerprint density at radius 1 is 1.10 bits per heavy atom. The number of nitrogens with zero attached hydrogens (tertiary/aromatic N) is 3. The highest BCUT2D eigenvalue weighted by molar-refractivity contribution is 5.95. The first-order chi connectivity index (χ1) is 19.2. The number of nitrogens with one attached hydrogen (secondary N) is 2. The van der Waals surface area contributed by atoms with Crippen LogP contribution in [0, 0.1) is 11.7 Å². The average molecular weight is 551 g/mol. The molecule has 2 heterocycles. The molecule has 1 saturated carbocycles. The SMILES string of the molecule is CC(C)n1c(=O)n(CC2CC2)c(=O)c2cc(NC(=O)N3CCCC(NC(=O)c4ccc(CN)cc4)C3)c(F)cc21. The van der Waals surface area contributed by atoms with Gasteiger partial charge in [0, 0.05) is 49.9 Å². The number of hydrogen-bond acceptors (Lipinski definition) is 5. The molecule has 1 aliphatic heterocycles. The summed E-state index contributed by atoms with van der Waals surface area (Å²) in [6, 6.07) is 8.41. The van der Waals surface area contributed by atoms with E-state index in [0.29, 0.717) is 44.0 Å². The van der Waals surface area contributed by atoms with E-state index in [1.807, 2.05) is 0 Å². The molecule has 0 bridgehead atoms. The van der Waals surface area contributed by atoms with Gasteiger partial charge in [-0.1, -0.05) is 12.1 Å². The van der Waals surface area contributed by atoms with E-state index >= 15 is 4.39 Å². The van der Waals surface area contributed by atoms with Crippen molar-refractivity contribution in [1.29, 1.82) is 0 Å². The summed E-state index contributed by atoms with van der Waals surface area (Å²) in [5.41, 5.74) is 6.18. The minimum absolute atomic E-state index is 0.132. The molecule has 4 N–H and O–H groups in total. The van der Waals surface area contributed by atoms with E-state index in [-0.39, 0.29) is 41.1 Å². The zero-order valence-corrected chi connectivity index (χ0v) is 22.8. The Hall–Kier alpha value is -3.99. The summed E-state index contributed by atoms with van der Waals surface area (Å²) < 4.78 is 17.9. The molecule has 3 amide bonds. The van der Waals surface area contributed by atoms with Gasteiger partial charge in [0.25, 0.3) is 11.5 Å². The first-order valence-corrected chi connectivity index (χ1v) is 13.8. The quantitative estimate of drug-likeness (QED) is 0.416. The second-order valence-corrected chi connectivity index (χ2v) is 11.0. The fraction of sp³-hybridized carbons (Fsp3) is 0.448. The third-order valence-electron chi connectivity index (χ3n) is 7.65. The number of halogens is 1. The highest BCUT2D eigenvalue weighted by atomic mass is 19.1. The van der Waals surface area contributed by atoms with Gasteiger partial charge in [-0.25, -0.2) is 14.0 Å². The van der Waals surface area contributed by atoms with Crippen molar-refractivity contribution >= 4 is 28.5 Å². The lowest BCUT2D eigenvalue weighted by Gasteiger charge is -2.33. The number of hydrogen-bond donors (Lipinski definition) is 3. The monoisotopic (exact) mass is 550 g/mol. The van der Waals surface area contributed by atoms with Crippen LogP contribution in [0.3, 0.4) is 0 Å². The van der Waals surface area contributed by atoms with Crippen LogP contribution in [0.5, 0.6) is 0 Å². The van der Waals surface area contributed by atoms with Gasteiger partial charge >= 0.3 is 11.7 Å². The van der Waals surface area contributed by atoms with Crippen molar-refractivity contribution in [3.8, 4) is 0 Å². The lowest BCUT2D eigenvalue weighted by molar-refractivity contribution is 0.0913. The van der Waals surface area contributed by atoms with Gasteiger partial charge in [-0.2, -0.15) is 0 Å². The number of aromatic nitrogens is 2. The van der Waals surface area contributed by atoms with Crippen LogP contribution in [0.15, 0.2) is 46.0 Å². The number of fused-ring (bicyclic) bond motifs is 1. The largest absolute Gasteiger partial charge is 0.348 e. The van der Waals surface area contributed by atoms with Crippen molar-refractivity contribution < 1.29 is 14.0 Å². The predicted octanol–water partition coefficient (Wildman–Crippen LogP) is 3.18. The summed E-state index contributed by atoms with van der Waals surface area (Å²) in [6.07, 6.45) is 3.30. The molecule has 40 heavy (non-hydrogen) atoms. The molecule has 0 radical (unpaired) electrons. The number of piperidine rings is 1. The second-order valence-electron chi connectivity index (χ2n) is 11.0. The molecular weight excluding hydrogens is 515 g/mol. The average Bonchev–Trinajstić information content (AvgIpc) is 3.76. The molecular formula is C29H35FN6O4. The Morgan fingerprint density at radius 2 is 1.82 bits per heavy atom. The number of anilines is 1. The van der Waals surface area contributed by atoms with Crippen LogP contribution in [0.1, 0.15) is 61.5 Å². The van der Waals surface area contributed by atoms with Crippen molar-refractivity contribution in [2.75, 3.05) is 18.4 Å². The molecule has 0 spiro atoms. The molecule has 10 nitrogen and oxygen atoms in total. The van der Waals surface area contributed by atoms with Crippen molar-refractivity contribution in [2.45, 2.75) is 64.7 Å². The first-order valence-electron chi connectivity index (χ1n) is 13.8. The van der Waals surface area contributed by atoms with E-state index in [4.69, 9.17) is 5.73 Å². The van der Waals surface area contributed by atoms with Crippen molar-refractivity contribution in [3.63, 3.8) is 0 Å². The van der Waals surface area contributed by atoms with Gasteiger partial charge in [-0.3, -0.25) is 18.7 Å². The molecule has 1 aliphatic carbocycles. The van der Waals surface area contributed by atoms with Crippen LogP contribution in [-0.4, -0.2) is 45.1 Å². The third-order valence-corrected chi connectivity index (χ3v) is 7.65. The highest BCUT2D eigenvalue weighted by Crippen LogP contribution is 2.30. The number of carbonyl (C=O) groups is 2. The topological polar surface area (TPSA) is 131 Å². The Labute approximate surface area is 231 Å². The molecule has 2 aliphatic rings. The van der Waals surface area contributed by atoms with Crippen molar-refractivity contribution in [2.24, 2.45) is 11.7 Å². The lowest BCUT2D eigenvalue weighted by Crippen LogP contribution is -2.50. The molecule has 3 aromatic rings. The summed E-state index contributed by atoms with van der Waals surface area (Å²) in [5, 5.41) is 5.75. The standard InChI is InChI=1S/C29H35FN6O4/c1-17(2)36-25-13-23(30)24(12-22(25)27(38)35(29(36)40)15-19-5-6-19)33-28(39)34-11-3-4-21(16-34)32-26(37)20-9-7-18(14-31)8-10-20/h7-10,12-13,17,19,21H,3-6,11,14-16,31H2,1-2H3,(H,32,37)(H,33,39). The smallest absolute Gasteiger partial charge is 0.331 e. The van der Waals surface area contributed by atoms with Gasteiger partial charge in [-0.05, 0) is 69.2 Å². The van der Waals surface area contributed by atoms with Crippen LogP contribution in [-0.2, 0) is 13.1 Å². The number of likely N-dealkylation sites (tertiary alicyclic amines) is 1. The number of carbonyl (C=O) groups excluding carboxylic acids is 2. The summed E-state index contributed by atoms with van der Waals surface area (Å²) in [7, 11) is 0. The maximum absolute atomic E-state index is 15.2. The van der Waals surface area contributed by atoms with Gasteiger partial charge in [0.1, 0.15) is 5.82 Å². The molecule has 11 heteroatoms. The number of rotatable bonds is 7. The van der Waals surface area contributed by atoms with Gasteiger partial charge in [-0.15, -0.1) is 0 Å². The zero-order chi connectivity index (χ0) is 28.6. The van der Waals surface area contributed by atoms with Gasteiger partial charge in [0.15, 0.2) is 0 Å². The van der Waals surface area contributed by atoms with E-state index in [1.165, 1.54) is 20.1 Å². The maximum atomic E-state index is 15.2. The van der Waals surface area contributed by atoms with E-state index in [0.717, 1.165) is 24.5 Å². The van der Waals surface area contributed by atoms with E-state index in [2.05, 4.69) is 10.6 Å².